The van der Waals surface area contributed by atoms with Gasteiger partial charge in [0.15, 0.2) is 5.78 Å². The van der Waals surface area contributed by atoms with Crippen molar-refractivity contribution < 1.29 is 9.53 Å². The third-order valence-electron chi connectivity index (χ3n) is 2.67. The Labute approximate surface area is 122 Å². The SMILES string of the molecule is C=C(C)COc1ccc(C(=O)C(C)NC(C)(C)C)cc1. The van der Waals surface area contributed by atoms with Gasteiger partial charge in [0, 0.05) is 11.1 Å². The van der Waals surface area contributed by atoms with Crippen molar-refractivity contribution in [2.75, 3.05) is 6.61 Å². The molecule has 0 aliphatic heterocycles. The number of carbonyl (C=O) groups is 1. The molecule has 0 spiro atoms. The first-order valence-electron chi connectivity index (χ1n) is 6.88. The molecule has 20 heavy (non-hydrogen) atoms. The molecule has 0 radical (unpaired) electrons. The van der Waals surface area contributed by atoms with E-state index < -0.39 is 0 Å². The summed E-state index contributed by atoms with van der Waals surface area (Å²) in [5.41, 5.74) is 1.57. The summed E-state index contributed by atoms with van der Waals surface area (Å²) >= 11 is 0. The second-order valence-electron chi connectivity index (χ2n) is 6.25. The Kier molecular flexibility index (Phi) is 5.52. The number of ketones is 1. The minimum Gasteiger partial charge on any atom is -0.489 e. The van der Waals surface area contributed by atoms with Crippen LogP contribution in [-0.4, -0.2) is 24.0 Å². The van der Waals surface area contributed by atoms with E-state index in [1.165, 1.54) is 0 Å². The van der Waals surface area contributed by atoms with Gasteiger partial charge in [0.2, 0.25) is 0 Å². The fourth-order valence-corrected chi connectivity index (χ4v) is 1.89. The van der Waals surface area contributed by atoms with E-state index >= 15 is 0 Å². The molecule has 110 valence electrons. The van der Waals surface area contributed by atoms with Crippen molar-refractivity contribution in [2.45, 2.75) is 46.2 Å². The van der Waals surface area contributed by atoms with Crippen molar-refractivity contribution in [1.82, 2.24) is 5.32 Å². The largest absolute Gasteiger partial charge is 0.489 e. The minimum atomic E-state index is -0.211. The van der Waals surface area contributed by atoms with Gasteiger partial charge in [-0.15, -0.1) is 0 Å². The van der Waals surface area contributed by atoms with Crippen LogP contribution in [0.25, 0.3) is 0 Å². The lowest BCUT2D eigenvalue weighted by Crippen LogP contribution is -2.46. The Morgan fingerprint density at radius 2 is 1.85 bits per heavy atom. The molecule has 0 aliphatic rings. The van der Waals surface area contributed by atoms with Crippen molar-refractivity contribution in [1.29, 1.82) is 0 Å². The van der Waals surface area contributed by atoms with E-state index in [2.05, 4.69) is 11.9 Å². The summed E-state index contributed by atoms with van der Waals surface area (Å²) in [7, 11) is 0. The molecule has 0 saturated heterocycles. The maximum Gasteiger partial charge on any atom is 0.179 e. The molecule has 0 aliphatic carbocycles. The molecule has 0 heterocycles. The molecule has 0 saturated carbocycles. The Hall–Kier alpha value is -1.61. The first-order valence-corrected chi connectivity index (χ1v) is 6.88. The van der Waals surface area contributed by atoms with Gasteiger partial charge in [-0.25, -0.2) is 0 Å². The molecule has 1 rings (SSSR count). The van der Waals surface area contributed by atoms with E-state index in [1.54, 1.807) is 12.1 Å². The average Bonchev–Trinajstić information content (AvgIpc) is 2.34. The maximum absolute atomic E-state index is 12.3. The Balaban J connectivity index is 2.68. The van der Waals surface area contributed by atoms with Crippen LogP contribution in [0.5, 0.6) is 5.75 Å². The monoisotopic (exact) mass is 275 g/mol. The highest BCUT2D eigenvalue weighted by atomic mass is 16.5. The van der Waals surface area contributed by atoms with Gasteiger partial charge in [0.05, 0.1) is 6.04 Å². The van der Waals surface area contributed by atoms with Crippen molar-refractivity contribution in [3.05, 3.63) is 42.0 Å². The van der Waals surface area contributed by atoms with E-state index in [0.29, 0.717) is 12.2 Å². The normalized spacial score (nSPS) is 12.8. The number of hydrogen-bond donors (Lipinski definition) is 1. The second kappa shape index (κ2) is 6.71. The van der Waals surface area contributed by atoms with E-state index in [4.69, 9.17) is 4.74 Å². The van der Waals surface area contributed by atoms with Crippen LogP contribution in [0.1, 0.15) is 45.0 Å². The van der Waals surface area contributed by atoms with Gasteiger partial charge in [0.25, 0.3) is 0 Å². The van der Waals surface area contributed by atoms with Gasteiger partial charge in [-0.1, -0.05) is 6.58 Å². The number of carbonyl (C=O) groups excluding carboxylic acids is 1. The molecule has 0 bridgehead atoms. The summed E-state index contributed by atoms with van der Waals surface area (Å²) in [4.78, 5) is 12.3. The van der Waals surface area contributed by atoms with Crippen molar-refractivity contribution >= 4 is 5.78 Å². The van der Waals surface area contributed by atoms with E-state index in [1.807, 2.05) is 46.8 Å². The zero-order valence-corrected chi connectivity index (χ0v) is 13.1. The molecule has 0 aromatic heterocycles. The number of nitrogens with one attached hydrogen (secondary N) is 1. The molecule has 0 amide bonds. The zero-order chi connectivity index (χ0) is 15.3. The fourth-order valence-electron chi connectivity index (χ4n) is 1.89. The number of benzene rings is 1. The Bertz CT molecular complexity index is 469. The molecule has 1 aromatic carbocycles. The van der Waals surface area contributed by atoms with Crippen molar-refractivity contribution in [3.8, 4) is 5.75 Å². The fraction of sp³-hybridized carbons (Fsp3) is 0.471. The molecule has 0 fully saturated rings. The third kappa shape index (κ3) is 5.57. The van der Waals surface area contributed by atoms with Gasteiger partial charge >= 0.3 is 0 Å². The van der Waals surface area contributed by atoms with E-state index in [9.17, 15) is 4.79 Å². The summed E-state index contributed by atoms with van der Waals surface area (Å²) in [5, 5.41) is 3.28. The van der Waals surface area contributed by atoms with Gasteiger partial charge in [-0.05, 0) is 64.5 Å². The van der Waals surface area contributed by atoms with Crippen LogP contribution in [0.2, 0.25) is 0 Å². The standard InChI is InChI=1S/C17H25NO2/c1-12(2)11-20-15-9-7-14(8-10-15)16(19)13(3)18-17(4,5)6/h7-10,13,18H,1,11H2,2-6H3. The summed E-state index contributed by atoms with van der Waals surface area (Å²) in [6.07, 6.45) is 0. The third-order valence-corrected chi connectivity index (χ3v) is 2.67. The van der Waals surface area contributed by atoms with Crippen molar-refractivity contribution in [3.63, 3.8) is 0 Å². The molecular weight excluding hydrogens is 250 g/mol. The van der Waals surface area contributed by atoms with Gasteiger partial charge in [0.1, 0.15) is 12.4 Å². The molecule has 3 nitrogen and oxygen atoms in total. The van der Waals surface area contributed by atoms with Crippen LogP contribution in [-0.2, 0) is 0 Å². The van der Waals surface area contributed by atoms with Crippen LogP contribution in [0.15, 0.2) is 36.4 Å². The molecule has 1 N–H and O–H groups in total. The smallest absolute Gasteiger partial charge is 0.179 e. The van der Waals surface area contributed by atoms with Gasteiger partial charge in [-0.3, -0.25) is 4.79 Å². The lowest BCUT2D eigenvalue weighted by atomic mass is 10.0. The number of rotatable bonds is 6. The van der Waals surface area contributed by atoms with E-state index in [-0.39, 0.29) is 17.4 Å². The van der Waals surface area contributed by atoms with Gasteiger partial charge < -0.3 is 10.1 Å². The number of hydrogen-bond acceptors (Lipinski definition) is 3. The summed E-state index contributed by atoms with van der Waals surface area (Å²) in [6, 6.07) is 7.03. The quantitative estimate of drug-likeness (QED) is 0.637. The lowest BCUT2D eigenvalue weighted by Gasteiger charge is -2.25. The summed E-state index contributed by atoms with van der Waals surface area (Å²) in [5.74, 6) is 0.840. The maximum atomic E-state index is 12.3. The van der Waals surface area contributed by atoms with Crippen LogP contribution in [0, 0.1) is 0 Å². The minimum absolute atomic E-state index is 0.0837. The summed E-state index contributed by atoms with van der Waals surface area (Å²) < 4.78 is 5.52. The van der Waals surface area contributed by atoms with E-state index in [0.717, 1.165) is 11.3 Å². The molecule has 1 aromatic rings. The molecule has 1 atom stereocenters. The number of ether oxygens (including phenoxy) is 1. The highest BCUT2D eigenvalue weighted by molar-refractivity contribution is 6.00. The summed E-state index contributed by atoms with van der Waals surface area (Å²) in [6.45, 7) is 14.2. The van der Waals surface area contributed by atoms with Crippen molar-refractivity contribution in [2.24, 2.45) is 0 Å². The molecule has 3 heteroatoms. The predicted molar refractivity (Wildman–Crippen MR) is 83.4 cm³/mol. The number of Topliss-reactive ketones (excluding diaryl/α,β-unsaturated/α-hetero) is 1. The van der Waals surface area contributed by atoms with Crippen LogP contribution >= 0.6 is 0 Å². The topological polar surface area (TPSA) is 38.3 Å². The molecular formula is C17H25NO2. The van der Waals surface area contributed by atoms with Crippen LogP contribution in [0.3, 0.4) is 0 Å². The Morgan fingerprint density at radius 1 is 1.30 bits per heavy atom. The van der Waals surface area contributed by atoms with Crippen LogP contribution < -0.4 is 10.1 Å². The highest BCUT2D eigenvalue weighted by Crippen LogP contribution is 2.15. The second-order valence-corrected chi connectivity index (χ2v) is 6.25. The van der Waals surface area contributed by atoms with Crippen LogP contribution in [0.4, 0.5) is 0 Å². The predicted octanol–water partition coefficient (Wildman–Crippen LogP) is 3.60. The first-order chi connectivity index (χ1) is 9.19. The highest BCUT2D eigenvalue weighted by Gasteiger charge is 2.20. The zero-order valence-electron chi connectivity index (χ0n) is 13.1. The van der Waals surface area contributed by atoms with Gasteiger partial charge in [-0.2, -0.15) is 0 Å². The lowest BCUT2D eigenvalue weighted by molar-refractivity contribution is 0.0935. The average molecular weight is 275 g/mol. The first kappa shape index (κ1) is 16.4. The Morgan fingerprint density at radius 3 is 2.30 bits per heavy atom. The molecule has 1 unspecified atom stereocenters.